The second kappa shape index (κ2) is 27.3. The Balaban J connectivity index is 0.000000206. The van der Waals surface area contributed by atoms with Crippen LogP contribution in [-0.2, 0) is 30.9 Å². The number of para-hydroxylation sites is 2. The third-order valence-electron chi connectivity index (χ3n) is 12.3. The van der Waals surface area contributed by atoms with Crippen molar-refractivity contribution in [2.45, 2.75) is 103 Å². The quantitative estimate of drug-likeness (QED) is 0.0581. The molecule has 2 aliphatic heterocycles. The van der Waals surface area contributed by atoms with Crippen molar-refractivity contribution in [2.24, 2.45) is 5.73 Å². The van der Waals surface area contributed by atoms with E-state index in [0.717, 1.165) is 61.1 Å². The number of hydrogen-bond acceptors (Lipinski definition) is 10. The molecular weight excluding hydrogens is 1100 g/mol. The number of ether oxygens (including phenoxy) is 1. The first-order chi connectivity index (χ1) is 39.3. The molecule has 4 aromatic heterocycles. The number of nitrogens with one attached hydrogen (secondary N) is 3. The van der Waals surface area contributed by atoms with E-state index in [2.05, 4.69) is 38.7 Å². The lowest BCUT2D eigenvalue weighted by Gasteiger charge is -2.18. The minimum absolute atomic E-state index is 0.0272. The van der Waals surface area contributed by atoms with Gasteiger partial charge in [-0.3, -0.25) is 4.79 Å². The summed E-state index contributed by atoms with van der Waals surface area (Å²) >= 11 is -0.139. The molecule has 0 saturated carbocycles. The van der Waals surface area contributed by atoms with E-state index in [1.165, 1.54) is 6.07 Å². The molecule has 0 fully saturated rings. The first-order valence-electron chi connectivity index (χ1n) is 26.9. The Hall–Kier alpha value is -8.19. The predicted octanol–water partition coefficient (Wildman–Crippen LogP) is 13.5. The van der Waals surface area contributed by atoms with E-state index >= 15 is 0 Å². The van der Waals surface area contributed by atoms with Crippen molar-refractivity contribution < 1.29 is 59.1 Å². The van der Waals surface area contributed by atoms with Gasteiger partial charge in [0.1, 0.15) is 40.6 Å². The van der Waals surface area contributed by atoms with Gasteiger partial charge in [0.2, 0.25) is 0 Å². The largest absolute Gasteiger partial charge is 0.461 e. The Labute approximate surface area is 481 Å². The molecule has 6 heterocycles. The minimum atomic E-state index is -4.55. The highest BCUT2D eigenvalue weighted by Gasteiger charge is 2.33. The van der Waals surface area contributed by atoms with Gasteiger partial charge in [-0.25, -0.2) is 24.4 Å². The zero-order valence-electron chi connectivity index (χ0n) is 47.2. The number of urea groups is 2. The van der Waals surface area contributed by atoms with E-state index in [4.69, 9.17) is 18.6 Å². The number of hydrogen-bond donors (Lipinski definition) is 4. The number of amides is 5. The van der Waals surface area contributed by atoms with E-state index in [1.807, 2.05) is 142 Å². The highest BCUT2D eigenvalue weighted by atomic mass is 27.2. The Bertz CT molecular complexity index is 3530. The molecule has 0 spiro atoms. The highest BCUT2D eigenvalue weighted by molar-refractivity contribution is 6.54. The molecule has 0 atom stereocenters. The fourth-order valence-electron chi connectivity index (χ4n) is 8.81. The monoisotopic (exact) mass is 1160 g/mol. The number of esters is 1. The van der Waals surface area contributed by atoms with Gasteiger partial charge in [0, 0.05) is 69.3 Å². The Kier molecular flexibility index (Phi) is 20.5. The summed E-state index contributed by atoms with van der Waals surface area (Å²) in [6.07, 6.45) is -8.73. The van der Waals surface area contributed by atoms with E-state index < -0.39 is 37.3 Å². The number of carbonyl (C=O) groups excluding carboxylic acids is 4. The number of aromatic nitrogens is 2. The molecule has 0 saturated heterocycles. The average molecular weight is 1160 g/mol. The molecule has 83 heavy (non-hydrogen) atoms. The van der Waals surface area contributed by atoms with Gasteiger partial charge in [0.05, 0.1) is 37.6 Å². The van der Waals surface area contributed by atoms with Crippen molar-refractivity contribution >= 4 is 60.0 Å². The molecule has 8 aromatic rings. The van der Waals surface area contributed by atoms with Crippen molar-refractivity contribution in [1.82, 2.24) is 35.7 Å². The molecule has 0 radical (unpaired) electrons. The molecule has 22 heteroatoms. The molecule has 15 nitrogen and oxygen atoms in total. The summed E-state index contributed by atoms with van der Waals surface area (Å²) in [4.78, 5) is 63.1. The van der Waals surface area contributed by atoms with Gasteiger partial charge in [0.25, 0.3) is 20.1 Å². The summed E-state index contributed by atoms with van der Waals surface area (Å²) in [7, 11) is 0. The normalized spacial score (nSPS) is 12.6. The number of nitrogens with two attached hydrogens (primary N) is 1. The second-order valence-corrected chi connectivity index (χ2v) is 24.4. The summed E-state index contributed by atoms with van der Waals surface area (Å²) in [5.74, 6) is 6.89. The lowest BCUT2D eigenvalue weighted by Crippen LogP contribution is -2.40. The fraction of sp³-hybridized carbons (Fsp3) is 0.311. The van der Waals surface area contributed by atoms with Crippen LogP contribution in [0.3, 0.4) is 0 Å². The third kappa shape index (κ3) is 17.0. The smallest absolute Gasteiger partial charge is 0.405 e. The highest BCUT2D eigenvalue weighted by Crippen LogP contribution is 2.38. The van der Waals surface area contributed by atoms with Gasteiger partial charge in [0.15, 0.2) is 0 Å². The lowest BCUT2D eigenvalue weighted by atomic mass is 9.99. The number of rotatable bonds is 10. The van der Waals surface area contributed by atoms with Crippen LogP contribution in [0.4, 0.5) is 35.9 Å². The summed E-state index contributed by atoms with van der Waals surface area (Å²) in [5, 5.41) is 9.65. The Morgan fingerprint density at radius 2 is 1.01 bits per heavy atom. The number of pyridine rings is 2. The van der Waals surface area contributed by atoms with E-state index in [-0.39, 0.29) is 69.4 Å². The van der Waals surface area contributed by atoms with Crippen molar-refractivity contribution in [1.29, 1.82) is 0 Å². The van der Waals surface area contributed by atoms with Gasteiger partial charge in [-0.2, -0.15) is 26.3 Å². The fourth-order valence-corrected chi connectivity index (χ4v) is 8.81. The first-order valence-corrected chi connectivity index (χ1v) is 30.4. The molecule has 2 aliphatic rings. The van der Waals surface area contributed by atoms with Gasteiger partial charge < -0.3 is 45.1 Å². The molecule has 5 N–H and O–H groups in total. The van der Waals surface area contributed by atoms with Crippen LogP contribution in [0.25, 0.3) is 67.1 Å². The molecule has 0 aliphatic carbocycles. The maximum absolute atomic E-state index is 12.7. The SMILES string of the molecule is CC(C)NC(=O)N1Cc2cc(C(=O)NCC(F)(F)F)nc(-c3cccc(-c4cc5ccccc5o4)c3)c2C1.CCOC(=O)c1cc2c(c(-c3cccc(-c4cc5ccccc5o4)c3)n1)CN(C(=O)NC(C)C)C2.NCC(F)(F)F.[CH3][Al]([CH3])[CH3]. The van der Waals surface area contributed by atoms with Crippen molar-refractivity contribution in [3.63, 3.8) is 0 Å². The molecule has 10 rings (SSSR count). The molecular formula is C61H65AlF6N8O7. The van der Waals surface area contributed by atoms with Crippen LogP contribution in [-0.4, -0.2) is 102 Å². The number of furan rings is 2. The minimum Gasteiger partial charge on any atom is -0.461 e. The van der Waals surface area contributed by atoms with E-state index in [0.29, 0.717) is 41.4 Å². The van der Waals surface area contributed by atoms with Crippen LogP contribution in [0.2, 0.25) is 17.4 Å². The van der Waals surface area contributed by atoms with Crippen LogP contribution in [0.5, 0.6) is 0 Å². The van der Waals surface area contributed by atoms with Gasteiger partial charge >= 0.3 is 30.4 Å². The number of halogens is 6. The second-order valence-electron chi connectivity index (χ2n) is 20.9. The van der Waals surface area contributed by atoms with Gasteiger partial charge in [-0.1, -0.05) is 72.8 Å². The summed E-state index contributed by atoms with van der Waals surface area (Å²) in [5.41, 5.74) is 13.3. The van der Waals surface area contributed by atoms with Crippen LogP contribution < -0.4 is 21.7 Å². The van der Waals surface area contributed by atoms with E-state index in [9.17, 15) is 45.5 Å². The van der Waals surface area contributed by atoms with Crippen LogP contribution in [0.15, 0.2) is 130 Å². The molecule has 5 amide bonds. The maximum Gasteiger partial charge on any atom is 0.405 e. The van der Waals surface area contributed by atoms with Crippen LogP contribution in [0.1, 0.15) is 77.8 Å². The summed E-state index contributed by atoms with van der Waals surface area (Å²) in [6.45, 7) is 8.14. The van der Waals surface area contributed by atoms with Gasteiger partial charge in [-0.15, -0.1) is 17.4 Å². The Morgan fingerprint density at radius 3 is 1.41 bits per heavy atom. The first kappa shape index (κ1) is 62.4. The number of carbonyl (C=O) groups is 4. The molecule has 4 aromatic carbocycles. The average Bonchev–Trinajstić information content (AvgIpc) is 4.07. The summed E-state index contributed by atoms with van der Waals surface area (Å²) in [6, 6.07) is 37.4. The summed E-state index contributed by atoms with van der Waals surface area (Å²) < 4.78 is 87.4. The maximum atomic E-state index is 12.7. The number of nitrogens with zero attached hydrogens (tertiary/aromatic N) is 4. The molecule has 0 bridgehead atoms. The third-order valence-corrected chi connectivity index (χ3v) is 12.3. The predicted molar refractivity (Wildman–Crippen MR) is 308 cm³/mol. The zero-order chi connectivity index (χ0) is 60.3. The number of fused-ring (bicyclic) bond motifs is 4. The zero-order valence-corrected chi connectivity index (χ0v) is 48.4. The van der Waals surface area contributed by atoms with Crippen LogP contribution in [0, 0.1) is 0 Å². The Morgan fingerprint density at radius 1 is 0.602 bits per heavy atom. The molecule has 0 unspecified atom stereocenters. The van der Waals surface area contributed by atoms with Crippen LogP contribution >= 0.6 is 0 Å². The lowest BCUT2D eigenvalue weighted by molar-refractivity contribution is -0.123. The topological polar surface area (TPSA) is 198 Å². The van der Waals surface area contributed by atoms with E-state index in [1.54, 1.807) is 22.8 Å². The number of alkyl halides is 6. The number of benzene rings is 4. The van der Waals surface area contributed by atoms with Crippen molar-refractivity contribution in [3.05, 3.63) is 155 Å². The molecule has 436 valence electrons. The van der Waals surface area contributed by atoms with Gasteiger partial charge in [-0.05, 0) is 94.3 Å². The van der Waals surface area contributed by atoms with Crippen molar-refractivity contribution in [2.75, 3.05) is 19.7 Å². The van der Waals surface area contributed by atoms with Crippen molar-refractivity contribution in [3.8, 4) is 45.2 Å². The standard InChI is InChI=1S/C28H25F3N4O3.C28H27N3O4.C2H4F3N.3CH3.Al/c1-16(2)33-27(37)35-13-20-11-22(26(36)32-15-28(29,30)31)34-25(21(20)14-35)19-8-5-7-17(10-19)24-12-18-6-3-4-9-23(18)38-24;1-4-34-27(32)23-13-21-15-31(28(33)29-17(2)3)16-22(21)26(30-23)20-10-7-9-18(12-20)25-14-19-8-5-6-11-24(19)35-25;3-2(4,5)1-6;;;;/h3-12,16H,13-15H2,1-2H3,(H,32,36)(H,33,37);5-14,17H,4,15-16H2,1-3H3,(H,29,33);1,6H2;3*1H3;.